The van der Waals surface area contributed by atoms with Gasteiger partial charge in [-0.25, -0.2) is 4.98 Å². The van der Waals surface area contributed by atoms with Gasteiger partial charge in [0.2, 0.25) is 0 Å². The average molecular weight is 251 g/mol. The van der Waals surface area contributed by atoms with Crippen LogP contribution in [0.5, 0.6) is 0 Å². The molecular formula is C11H11BrN2. The fraction of sp³-hybridized carbons (Fsp3) is 0.364. The highest BCUT2D eigenvalue weighted by molar-refractivity contribution is 9.10. The lowest BCUT2D eigenvalue weighted by Crippen LogP contribution is -1.94. The van der Waals surface area contributed by atoms with Gasteiger partial charge in [-0.3, -0.25) is 0 Å². The molecule has 0 aliphatic heterocycles. The van der Waals surface area contributed by atoms with Gasteiger partial charge in [-0.1, -0.05) is 15.9 Å². The molecule has 3 heteroatoms. The summed E-state index contributed by atoms with van der Waals surface area (Å²) in [6, 6.07) is 6.28. The molecule has 0 saturated heterocycles. The van der Waals surface area contributed by atoms with Crippen molar-refractivity contribution in [1.29, 1.82) is 0 Å². The topological polar surface area (TPSA) is 17.8 Å². The molecule has 1 aromatic heterocycles. The molecule has 0 spiro atoms. The lowest BCUT2D eigenvalue weighted by molar-refractivity contribution is 0.820. The van der Waals surface area contributed by atoms with E-state index in [0.717, 1.165) is 9.99 Å². The maximum atomic E-state index is 4.67. The predicted molar refractivity (Wildman–Crippen MR) is 60.4 cm³/mol. The zero-order chi connectivity index (χ0) is 9.71. The number of hydrogen-bond donors (Lipinski definition) is 0. The number of hydrogen-bond acceptors (Lipinski definition) is 1. The number of aryl methyl sites for hydroxylation is 1. The highest BCUT2D eigenvalue weighted by atomic mass is 79.9. The Kier molecular flexibility index (Phi) is 1.71. The molecule has 0 atom stereocenters. The van der Waals surface area contributed by atoms with Crippen LogP contribution in [0.1, 0.15) is 24.6 Å². The first-order chi connectivity index (χ1) is 6.75. The number of imidazole rings is 1. The van der Waals surface area contributed by atoms with Crippen LogP contribution in [0.4, 0.5) is 0 Å². The van der Waals surface area contributed by atoms with E-state index in [0.29, 0.717) is 5.92 Å². The van der Waals surface area contributed by atoms with Gasteiger partial charge < -0.3 is 4.57 Å². The lowest BCUT2D eigenvalue weighted by Gasteiger charge is -1.98. The lowest BCUT2D eigenvalue weighted by atomic mass is 10.3. The summed E-state index contributed by atoms with van der Waals surface area (Å²) in [4.78, 5) is 4.67. The van der Waals surface area contributed by atoms with Crippen molar-refractivity contribution in [3.05, 3.63) is 28.5 Å². The Bertz CT molecular complexity index is 497. The standard InChI is InChI=1S/C11H11BrN2/c1-14-10-5-4-8(12)6-9(10)13-11(14)7-2-3-7/h4-7H,2-3H2,1H3. The van der Waals surface area contributed by atoms with E-state index in [-0.39, 0.29) is 0 Å². The number of nitrogens with zero attached hydrogens (tertiary/aromatic N) is 2. The van der Waals surface area contributed by atoms with Crippen LogP contribution in [0.2, 0.25) is 0 Å². The maximum Gasteiger partial charge on any atom is 0.112 e. The van der Waals surface area contributed by atoms with Gasteiger partial charge in [0.25, 0.3) is 0 Å². The van der Waals surface area contributed by atoms with Gasteiger partial charge in [-0.15, -0.1) is 0 Å². The largest absolute Gasteiger partial charge is 0.331 e. The second kappa shape index (κ2) is 2.83. The number of fused-ring (bicyclic) bond motifs is 1. The van der Waals surface area contributed by atoms with E-state index in [1.54, 1.807) is 0 Å². The van der Waals surface area contributed by atoms with E-state index >= 15 is 0 Å². The fourth-order valence-electron chi connectivity index (χ4n) is 1.90. The molecule has 72 valence electrons. The first kappa shape index (κ1) is 8.48. The molecule has 2 nitrogen and oxygen atoms in total. The minimum absolute atomic E-state index is 0.714. The van der Waals surface area contributed by atoms with Crippen molar-refractivity contribution in [3.8, 4) is 0 Å². The summed E-state index contributed by atoms with van der Waals surface area (Å²) in [5.74, 6) is 1.96. The molecular weight excluding hydrogens is 240 g/mol. The van der Waals surface area contributed by atoms with Gasteiger partial charge >= 0.3 is 0 Å². The SMILES string of the molecule is Cn1c(C2CC2)nc2cc(Br)ccc21. The molecule has 0 bridgehead atoms. The van der Waals surface area contributed by atoms with Crippen LogP contribution in [0, 0.1) is 0 Å². The average Bonchev–Trinajstić information content (AvgIpc) is 2.93. The Labute approximate surface area is 91.1 Å². The Hall–Kier alpha value is -0.830. The third-order valence-corrected chi connectivity index (χ3v) is 3.31. The second-order valence-electron chi connectivity index (χ2n) is 3.94. The first-order valence-electron chi connectivity index (χ1n) is 4.87. The molecule has 14 heavy (non-hydrogen) atoms. The van der Waals surface area contributed by atoms with Gasteiger partial charge in [0.15, 0.2) is 0 Å². The van der Waals surface area contributed by atoms with Gasteiger partial charge in [0.05, 0.1) is 11.0 Å². The maximum absolute atomic E-state index is 4.67. The Balaban J connectivity index is 2.28. The van der Waals surface area contributed by atoms with Crippen LogP contribution in [-0.2, 0) is 7.05 Å². The highest BCUT2D eigenvalue weighted by Crippen LogP contribution is 2.40. The van der Waals surface area contributed by atoms with Crippen LogP contribution >= 0.6 is 15.9 Å². The zero-order valence-electron chi connectivity index (χ0n) is 8.00. The summed E-state index contributed by atoms with van der Waals surface area (Å²) >= 11 is 3.47. The van der Waals surface area contributed by atoms with Crippen molar-refractivity contribution in [3.63, 3.8) is 0 Å². The molecule has 0 amide bonds. The predicted octanol–water partition coefficient (Wildman–Crippen LogP) is 3.21. The molecule has 3 rings (SSSR count). The molecule has 1 fully saturated rings. The Morgan fingerprint density at radius 3 is 2.93 bits per heavy atom. The number of benzene rings is 1. The van der Waals surface area contributed by atoms with Crippen molar-refractivity contribution in [2.75, 3.05) is 0 Å². The van der Waals surface area contributed by atoms with Crippen molar-refractivity contribution < 1.29 is 0 Å². The van der Waals surface area contributed by atoms with E-state index in [4.69, 9.17) is 0 Å². The van der Waals surface area contributed by atoms with Crippen LogP contribution in [0.3, 0.4) is 0 Å². The summed E-state index contributed by atoms with van der Waals surface area (Å²) in [6.07, 6.45) is 2.61. The molecule has 1 aliphatic rings. The van der Waals surface area contributed by atoms with E-state index in [9.17, 15) is 0 Å². The molecule has 1 heterocycles. The van der Waals surface area contributed by atoms with Crippen LogP contribution in [0.15, 0.2) is 22.7 Å². The molecule has 0 N–H and O–H groups in total. The molecule has 1 aromatic carbocycles. The second-order valence-corrected chi connectivity index (χ2v) is 4.85. The quantitative estimate of drug-likeness (QED) is 0.760. The van der Waals surface area contributed by atoms with Gasteiger partial charge in [0, 0.05) is 17.4 Å². The van der Waals surface area contributed by atoms with E-state index in [1.807, 2.05) is 0 Å². The van der Waals surface area contributed by atoms with Crippen molar-refractivity contribution in [2.45, 2.75) is 18.8 Å². The molecule has 1 aliphatic carbocycles. The first-order valence-corrected chi connectivity index (χ1v) is 5.67. The zero-order valence-corrected chi connectivity index (χ0v) is 9.58. The van der Waals surface area contributed by atoms with E-state index < -0.39 is 0 Å². The minimum atomic E-state index is 0.714. The van der Waals surface area contributed by atoms with Crippen LogP contribution in [0.25, 0.3) is 11.0 Å². The van der Waals surface area contributed by atoms with E-state index in [2.05, 4.69) is 50.7 Å². The molecule has 2 aromatic rings. The number of rotatable bonds is 1. The smallest absolute Gasteiger partial charge is 0.112 e. The van der Waals surface area contributed by atoms with Crippen LogP contribution in [-0.4, -0.2) is 9.55 Å². The fourth-order valence-corrected chi connectivity index (χ4v) is 2.25. The van der Waals surface area contributed by atoms with Gasteiger partial charge in [-0.05, 0) is 31.0 Å². The van der Waals surface area contributed by atoms with E-state index in [1.165, 1.54) is 24.2 Å². The Morgan fingerprint density at radius 2 is 2.21 bits per heavy atom. The van der Waals surface area contributed by atoms with Gasteiger partial charge in [-0.2, -0.15) is 0 Å². The third-order valence-electron chi connectivity index (χ3n) is 2.82. The molecule has 1 saturated carbocycles. The summed E-state index contributed by atoms with van der Waals surface area (Å²) in [6.45, 7) is 0. The molecule has 0 radical (unpaired) electrons. The summed E-state index contributed by atoms with van der Waals surface area (Å²) in [5.41, 5.74) is 2.33. The number of halogens is 1. The Morgan fingerprint density at radius 1 is 1.43 bits per heavy atom. The minimum Gasteiger partial charge on any atom is -0.331 e. The third kappa shape index (κ3) is 1.19. The van der Waals surface area contributed by atoms with Crippen molar-refractivity contribution in [1.82, 2.24) is 9.55 Å². The summed E-state index contributed by atoms with van der Waals surface area (Å²) < 4.78 is 3.32. The van der Waals surface area contributed by atoms with Gasteiger partial charge in [0.1, 0.15) is 5.82 Å². The number of aromatic nitrogens is 2. The normalized spacial score (nSPS) is 16.4. The van der Waals surface area contributed by atoms with Crippen molar-refractivity contribution in [2.24, 2.45) is 7.05 Å². The monoisotopic (exact) mass is 250 g/mol. The van der Waals surface area contributed by atoms with Crippen LogP contribution < -0.4 is 0 Å². The van der Waals surface area contributed by atoms with Crippen molar-refractivity contribution >= 4 is 27.0 Å². The summed E-state index contributed by atoms with van der Waals surface area (Å²) in [5, 5.41) is 0. The molecule has 0 unspecified atom stereocenters. The summed E-state index contributed by atoms with van der Waals surface area (Å²) in [7, 11) is 2.11. The highest BCUT2D eigenvalue weighted by Gasteiger charge is 2.28.